The molecule has 0 amide bonds. The number of rotatable bonds is 8. The van der Waals surface area contributed by atoms with Crippen molar-refractivity contribution in [2.45, 2.75) is 26.3 Å². The van der Waals surface area contributed by atoms with Crippen molar-refractivity contribution in [1.82, 2.24) is 5.32 Å². The fraction of sp³-hybridized carbons (Fsp3) is 1.00. The molecule has 5 nitrogen and oxygen atoms in total. The summed E-state index contributed by atoms with van der Waals surface area (Å²) in [4.78, 5) is 0. The molecule has 16 heavy (non-hydrogen) atoms. The highest BCUT2D eigenvalue weighted by Crippen LogP contribution is 2.00. The molecule has 2 N–H and O–H groups in total. The molecule has 98 valence electrons. The Morgan fingerprint density at radius 1 is 1.25 bits per heavy atom. The fourth-order valence-corrected chi connectivity index (χ4v) is 1.94. The number of quaternary nitrogens is 1. The van der Waals surface area contributed by atoms with E-state index in [2.05, 4.69) is 33.3 Å². The Morgan fingerprint density at radius 2 is 1.81 bits per heavy atom. The third kappa shape index (κ3) is 10.4. The van der Waals surface area contributed by atoms with Gasteiger partial charge in [-0.25, -0.2) is 0 Å². The van der Waals surface area contributed by atoms with Gasteiger partial charge in [0, 0.05) is 19.0 Å². The molecule has 0 fully saturated rings. The third-order valence-corrected chi connectivity index (χ3v) is 3.24. The Kier molecular flexibility index (Phi) is 6.47. The van der Waals surface area contributed by atoms with Gasteiger partial charge in [0.05, 0.1) is 32.9 Å². The van der Waals surface area contributed by atoms with Crippen LogP contribution < -0.4 is 5.32 Å². The maximum atomic E-state index is 10.6. The first-order chi connectivity index (χ1) is 7.12. The zero-order valence-corrected chi connectivity index (χ0v) is 11.5. The van der Waals surface area contributed by atoms with Crippen LogP contribution in [0.3, 0.4) is 0 Å². The second kappa shape index (κ2) is 6.54. The van der Waals surface area contributed by atoms with Crippen LogP contribution in [0.15, 0.2) is 0 Å². The molecule has 0 aromatic carbocycles. The van der Waals surface area contributed by atoms with Gasteiger partial charge in [-0.05, 0) is 0 Å². The predicted octanol–water partition coefficient (Wildman–Crippen LogP) is 0.339. The van der Waals surface area contributed by atoms with Crippen molar-refractivity contribution in [3.8, 4) is 0 Å². The van der Waals surface area contributed by atoms with Gasteiger partial charge in [0.1, 0.15) is 0 Å². The molecule has 0 rings (SSSR count). The molecule has 0 heterocycles. The smallest absolute Gasteiger partial charge is 0.265 e. The van der Waals surface area contributed by atoms with Crippen molar-refractivity contribution < 1.29 is 17.5 Å². The summed E-state index contributed by atoms with van der Waals surface area (Å²) in [5.41, 5.74) is 0. The molecule has 0 spiro atoms. The van der Waals surface area contributed by atoms with Crippen molar-refractivity contribution in [2.24, 2.45) is 0 Å². The molecule has 0 aromatic heterocycles. The first-order valence-electron chi connectivity index (χ1n) is 5.63. The number of likely N-dealkylation sites (N-methyl/N-ethyl adjacent to an activating group) is 1. The van der Waals surface area contributed by atoms with Gasteiger partial charge >= 0.3 is 0 Å². The van der Waals surface area contributed by atoms with Crippen LogP contribution in [-0.4, -0.2) is 63.0 Å². The Bertz CT molecular complexity index is 286. The summed E-state index contributed by atoms with van der Waals surface area (Å²) in [5.74, 6) is -0.147. The first kappa shape index (κ1) is 15.8. The third-order valence-electron chi connectivity index (χ3n) is 2.44. The number of hydrogen-bond donors (Lipinski definition) is 2. The van der Waals surface area contributed by atoms with E-state index in [0.29, 0.717) is 12.5 Å². The average Bonchev–Trinajstić information content (AvgIpc) is 1.99. The zero-order valence-electron chi connectivity index (χ0n) is 10.7. The average molecular weight is 253 g/mol. The van der Waals surface area contributed by atoms with Gasteiger partial charge < -0.3 is 9.80 Å². The van der Waals surface area contributed by atoms with Gasteiger partial charge in [-0.2, -0.15) is 8.42 Å². The lowest BCUT2D eigenvalue weighted by atomic mass is 10.3. The summed E-state index contributed by atoms with van der Waals surface area (Å²) in [6.07, 6.45) is 0.494. The summed E-state index contributed by atoms with van der Waals surface area (Å²) in [5, 5.41) is 3.32. The van der Waals surface area contributed by atoms with E-state index in [9.17, 15) is 8.42 Å². The second-order valence-corrected chi connectivity index (χ2v) is 6.70. The van der Waals surface area contributed by atoms with Crippen LogP contribution in [0.4, 0.5) is 0 Å². The quantitative estimate of drug-likeness (QED) is 0.483. The summed E-state index contributed by atoms with van der Waals surface area (Å²) in [7, 11) is 0.317. The van der Waals surface area contributed by atoms with E-state index in [1.54, 1.807) is 0 Å². The monoisotopic (exact) mass is 253 g/mol. The molecule has 0 aliphatic carbocycles. The van der Waals surface area contributed by atoms with Crippen LogP contribution in [0, 0.1) is 0 Å². The van der Waals surface area contributed by atoms with Crippen molar-refractivity contribution in [2.75, 3.05) is 39.5 Å². The standard InChI is InChI=1S/C10H24N2O3S/c1-10(2)11-6-8-12(3,4)7-5-9-16(13,14)15/h10-11H,5-9H2,1-4H3/p+1. The van der Waals surface area contributed by atoms with Crippen LogP contribution in [0.2, 0.25) is 0 Å². The minimum Gasteiger partial charge on any atom is -0.327 e. The molecule has 0 aromatic rings. The molecule has 0 saturated carbocycles. The Balaban J connectivity index is 3.78. The minimum atomic E-state index is -3.81. The highest BCUT2D eigenvalue weighted by atomic mass is 32.2. The highest BCUT2D eigenvalue weighted by molar-refractivity contribution is 7.85. The molecular formula is C10H25N2O3S+. The van der Waals surface area contributed by atoms with Crippen molar-refractivity contribution in [1.29, 1.82) is 0 Å². The van der Waals surface area contributed by atoms with Crippen LogP contribution in [0.1, 0.15) is 20.3 Å². The molecule has 0 aliphatic heterocycles. The first-order valence-corrected chi connectivity index (χ1v) is 7.24. The normalized spacial score (nSPS) is 13.4. The maximum Gasteiger partial charge on any atom is 0.265 e. The van der Waals surface area contributed by atoms with E-state index >= 15 is 0 Å². The van der Waals surface area contributed by atoms with E-state index < -0.39 is 10.1 Å². The maximum absolute atomic E-state index is 10.6. The SMILES string of the molecule is CC(C)NCC[N+](C)(C)CCCS(=O)(=O)O. The molecule has 0 bridgehead atoms. The van der Waals surface area contributed by atoms with E-state index in [1.807, 2.05) is 0 Å². The number of hydrogen-bond acceptors (Lipinski definition) is 3. The van der Waals surface area contributed by atoms with E-state index in [-0.39, 0.29) is 5.75 Å². The lowest BCUT2D eigenvalue weighted by molar-refractivity contribution is -0.889. The Morgan fingerprint density at radius 3 is 2.25 bits per heavy atom. The van der Waals surface area contributed by atoms with E-state index in [4.69, 9.17) is 4.55 Å². The Hall–Kier alpha value is -0.170. The topological polar surface area (TPSA) is 66.4 Å². The van der Waals surface area contributed by atoms with Crippen LogP contribution in [0.25, 0.3) is 0 Å². The summed E-state index contributed by atoms with van der Waals surface area (Å²) in [6, 6.07) is 0.470. The van der Waals surface area contributed by atoms with Gasteiger partial charge in [-0.1, -0.05) is 13.8 Å². The van der Waals surface area contributed by atoms with Crippen LogP contribution in [-0.2, 0) is 10.1 Å². The fourth-order valence-electron chi connectivity index (χ4n) is 1.44. The van der Waals surface area contributed by atoms with Gasteiger partial charge in [-0.15, -0.1) is 0 Å². The van der Waals surface area contributed by atoms with Gasteiger partial charge in [0.2, 0.25) is 0 Å². The zero-order chi connectivity index (χ0) is 12.8. The number of nitrogens with one attached hydrogen (secondary N) is 1. The Labute approximate surface area is 99.2 Å². The lowest BCUT2D eigenvalue weighted by Crippen LogP contribution is -2.46. The molecule has 0 unspecified atom stereocenters. The lowest BCUT2D eigenvalue weighted by Gasteiger charge is -2.30. The van der Waals surface area contributed by atoms with E-state index in [1.165, 1.54) is 0 Å². The van der Waals surface area contributed by atoms with Gasteiger partial charge in [-0.3, -0.25) is 4.55 Å². The molecule has 0 atom stereocenters. The number of nitrogens with zero attached hydrogens (tertiary/aromatic N) is 1. The summed E-state index contributed by atoms with van der Waals surface area (Å²) >= 11 is 0. The van der Waals surface area contributed by atoms with Crippen molar-refractivity contribution in [3.05, 3.63) is 0 Å². The summed E-state index contributed by atoms with van der Waals surface area (Å²) in [6.45, 7) is 6.80. The molecule has 6 heteroatoms. The molecule has 0 radical (unpaired) electrons. The van der Waals surface area contributed by atoms with Crippen LogP contribution in [0.5, 0.6) is 0 Å². The largest absolute Gasteiger partial charge is 0.327 e. The minimum absolute atomic E-state index is 0.147. The molecular weight excluding hydrogens is 228 g/mol. The highest BCUT2D eigenvalue weighted by Gasteiger charge is 2.16. The van der Waals surface area contributed by atoms with Crippen molar-refractivity contribution in [3.63, 3.8) is 0 Å². The molecule has 0 aliphatic rings. The predicted molar refractivity (Wildman–Crippen MR) is 66.0 cm³/mol. The summed E-state index contributed by atoms with van der Waals surface area (Å²) < 4.78 is 30.5. The van der Waals surface area contributed by atoms with Crippen molar-refractivity contribution >= 4 is 10.1 Å². The van der Waals surface area contributed by atoms with Crippen LogP contribution >= 0.6 is 0 Å². The van der Waals surface area contributed by atoms with Gasteiger partial charge in [0.25, 0.3) is 10.1 Å². The molecule has 0 saturated heterocycles. The second-order valence-electron chi connectivity index (χ2n) is 5.13. The van der Waals surface area contributed by atoms with Gasteiger partial charge in [0.15, 0.2) is 0 Å². The van der Waals surface area contributed by atoms with E-state index in [0.717, 1.165) is 24.1 Å².